The zero-order chi connectivity index (χ0) is 12.7. The average molecular weight is 237 g/mol. The first-order valence-corrected chi connectivity index (χ1v) is 5.97. The quantitative estimate of drug-likeness (QED) is 0.706. The van der Waals surface area contributed by atoms with Gasteiger partial charge in [0.1, 0.15) is 17.2 Å². The third-order valence-corrected chi connectivity index (χ3v) is 3.21. The lowest BCUT2D eigenvalue weighted by Gasteiger charge is -2.00. The second kappa shape index (κ2) is 3.88. The monoisotopic (exact) mass is 237 g/mol. The lowest BCUT2D eigenvalue weighted by Crippen LogP contribution is -1.94. The Kier molecular flexibility index (Phi) is 2.33. The summed E-state index contributed by atoms with van der Waals surface area (Å²) in [5.41, 5.74) is 11.4. The fourth-order valence-corrected chi connectivity index (χ4v) is 2.15. The first-order chi connectivity index (χ1) is 8.66. The highest BCUT2D eigenvalue weighted by molar-refractivity contribution is 5.75. The van der Waals surface area contributed by atoms with Crippen molar-refractivity contribution in [3.05, 3.63) is 53.7 Å². The first-order valence-electron chi connectivity index (χ1n) is 5.97. The first kappa shape index (κ1) is 10.8. The second-order valence-corrected chi connectivity index (χ2v) is 4.60. The van der Waals surface area contributed by atoms with Crippen molar-refractivity contribution < 1.29 is 0 Å². The molecule has 3 aromatic rings. The van der Waals surface area contributed by atoms with Crippen molar-refractivity contribution in [3.8, 4) is 11.3 Å². The van der Waals surface area contributed by atoms with E-state index in [0.717, 1.165) is 22.5 Å². The van der Waals surface area contributed by atoms with Crippen molar-refractivity contribution in [3.63, 3.8) is 0 Å². The Morgan fingerprint density at radius 2 is 1.78 bits per heavy atom. The van der Waals surface area contributed by atoms with Crippen LogP contribution in [0.15, 0.2) is 42.6 Å². The van der Waals surface area contributed by atoms with Gasteiger partial charge in [-0.1, -0.05) is 35.9 Å². The summed E-state index contributed by atoms with van der Waals surface area (Å²) >= 11 is 0. The van der Waals surface area contributed by atoms with Crippen molar-refractivity contribution in [2.75, 3.05) is 5.73 Å². The van der Waals surface area contributed by atoms with Gasteiger partial charge in [-0.05, 0) is 25.5 Å². The number of nitrogens with zero attached hydrogens (tertiary/aromatic N) is 2. The van der Waals surface area contributed by atoms with E-state index in [9.17, 15) is 0 Å². The van der Waals surface area contributed by atoms with Gasteiger partial charge in [-0.15, -0.1) is 0 Å². The Balaban J connectivity index is 2.27. The molecule has 2 aromatic heterocycles. The molecule has 0 spiro atoms. The minimum atomic E-state index is 0.692. The van der Waals surface area contributed by atoms with E-state index in [4.69, 9.17) is 5.73 Å². The van der Waals surface area contributed by atoms with Crippen LogP contribution in [0.25, 0.3) is 16.9 Å². The summed E-state index contributed by atoms with van der Waals surface area (Å²) in [4.78, 5) is 4.65. The standard InChI is InChI=1S/C15H15N3/c1-10-5-7-12(8-6-10)13-14(16)18-9-3-4-11(2)15(18)17-13/h3-9H,16H2,1-2H3. The minimum absolute atomic E-state index is 0.692. The molecule has 1 aromatic carbocycles. The predicted octanol–water partition coefficient (Wildman–Crippen LogP) is 3.20. The van der Waals surface area contributed by atoms with Crippen LogP contribution < -0.4 is 5.73 Å². The number of nitrogens with two attached hydrogens (primary N) is 1. The number of pyridine rings is 1. The molecule has 0 fully saturated rings. The number of hydrogen-bond acceptors (Lipinski definition) is 2. The number of hydrogen-bond donors (Lipinski definition) is 1. The van der Waals surface area contributed by atoms with E-state index in [1.165, 1.54) is 5.56 Å². The normalized spacial score (nSPS) is 11.0. The number of nitrogen functional groups attached to an aromatic ring is 1. The molecule has 0 aliphatic rings. The van der Waals surface area contributed by atoms with Crippen molar-refractivity contribution >= 4 is 11.5 Å². The van der Waals surface area contributed by atoms with E-state index in [2.05, 4.69) is 36.2 Å². The SMILES string of the molecule is Cc1ccc(-c2nc3c(C)cccn3c2N)cc1. The van der Waals surface area contributed by atoms with Gasteiger partial charge >= 0.3 is 0 Å². The molecule has 0 unspecified atom stereocenters. The molecule has 90 valence electrons. The van der Waals surface area contributed by atoms with Crippen LogP contribution in [-0.4, -0.2) is 9.38 Å². The van der Waals surface area contributed by atoms with Gasteiger partial charge in [-0.2, -0.15) is 0 Å². The lowest BCUT2D eigenvalue weighted by molar-refractivity contribution is 1.17. The number of anilines is 1. The molecule has 0 bridgehead atoms. The highest BCUT2D eigenvalue weighted by atomic mass is 15.1. The molecule has 0 saturated heterocycles. The smallest absolute Gasteiger partial charge is 0.142 e. The highest BCUT2D eigenvalue weighted by Gasteiger charge is 2.11. The number of aryl methyl sites for hydroxylation is 2. The number of imidazole rings is 1. The Morgan fingerprint density at radius 1 is 1.06 bits per heavy atom. The van der Waals surface area contributed by atoms with Crippen LogP contribution in [0.2, 0.25) is 0 Å². The molecular formula is C15H15N3. The Bertz CT molecular complexity index is 708. The van der Waals surface area contributed by atoms with E-state index in [1.807, 2.05) is 29.7 Å². The van der Waals surface area contributed by atoms with Crippen LogP contribution in [0.1, 0.15) is 11.1 Å². The van der Waals surface area contributed by atoms with Crippen LogP contribution in [0.5, 0.6) is 0 Å². The van der Waals surface area contributed by atoms with Crippen molar-refractivity contribution in [2.45, 2.75) is 13.8 Å². The molecular weight excluding hydrogens is 222 g/mol. The van der Waals surface area contributed by atoms with Crippen LogP contribution in [-0.2, 0) is 0 Å². The Morgan fingerprint density at radius 3 is 2.44 bits per heavy atom. The predicted molar refractivity (Wildman–Crippen MR) is 74.5 cm³/mol. The summed E-state index contributed by atoms with van der Waals surface area (Å²) in [6.07, 6.45) is 1.95. The topological polar surface area (TPSA) is 43.3 Å². The number of rotatable bonds is 1. The van der Waals surface area contributed by atoms with Gasteiger partial charge in [0.25, 0.3) is 0 Å². The summed E-state index contributed by atoms with van der Waals surface area (Å²) < 4.78 is 1.94. The Hall–Kier alpha value is -2.29. The van der Waals surface area contributed by atoms with Gasteiger partial charge in [0.05, 0.1) is 0 Å². The molecule has 18 heavy (non-hydrogen) atoms. The van der Waals surface area contributed by atoms with Crippen LogP contribution >= 0.6 is 0 Å². The summed E-state index contributed by atoms with van der Waals surface area (Å²) in [5, 5.41) is 0. The van der Waals surface area contributed by atoms with Gasteiger partial charge in [0.15, 0.2) is 0 Å². The summed E-state index contributed by atoms with van der Waals surface area (Å²) in [6, 6.07) is 12.3. The summed E-state index contributed by atoms with van der Waals surface area (Å²) in [5.74, 6) is 0.692. The van der Waals surface area contributed by atoms with Crippen LogP contribution in [0.3, 0.4) is 0 Å². The molecule has 3 rings (SSSR count). The number of fused-ring (bicyclic) bond motifs is 1. The molecule has 0 atom stereocenters. The molecule has 0 amide bonds. The fraction of sp³-hybridized carbons (Fsp3) is 0.133. The van der Waals surface area contributed by atoms with E-state index in [0.29, 0.717) is 5.82 Å². The summed E-state index contributed by atoms with van der Waals surface area (Å²) in [6.45, 7) is 4.11. The van der Waals surface area contributed by atoms with Gasteiger partial charge in [0.2, 0.25) is 0 Å². The van der Waals surface area contributed by atoms with Crippen LogP contribution in [0, 0.1) is 13.8 Å². The molecule has 3 nitrogen and oxygen atoms in total. The fourth-order valence-electron chi connectivity index (χ4n) is 2.15. The van der Waals surface area contributed by atoms with Crippen molar-refractivity contribution in [1.29, 1.82) is 0 Å². The molecule has 3 heteroatoms. The maximum atomic E-state index is 6.18. The molecule has 0 saturated carbocycles. The molecule has 0 radical (unpaired) electrons. The summed E-state index contributed by atoms with van der Waals surface area (Å²) in [7, 11) is 0. The highest BCUT2D eigenvalue weighted by Crippen LogP contribution is 2.27. The third kappa shape index (κ3) is 1.56. The molecule has 2 N–H and O–H groups in total. The lowest BCUT2D eigenvalue weighted by atomic mass is 10.1. The zero-order valence-corrected chi connectivity index (χ0v) is 10.5. The molecule has 0 aliphatic heterocycles. The second-order valence-electron chi connectivity index (χ2n) is 4.60. The van der Waals surface area contributed by atoms with Crippen molar-refractivity contribution in [1.82, 2.24) is 9.38 Å². The number of benzene rings is 1. The Labute approximate surface area is 106 Å². The molecule has 0 aliphatic carbocycles. The third-order valence-electron chi connectivity index (χ3n) is 3.21. The average Bonchev–Trinajstić information content (AvgIpc) is 2.70. The number of aromatic nitrogens is 2. The van der Waals surface area contributed by atoms with Gasteiger partial charge in [-0.3, -0.25) is 4.40 Å². The van der Waals surface area contributed by atoms with E-state index >= 15 is 0 Å². The van der Waals surface area contributed by atoms with E-state index in [-0.39, 0.29) is 0 Å². The van der Waals surface area contributed by atoms with Gasteiger partial charge in [0, 0.05) is 11.8 Å². The maximum absolute atomic E-state index is 6.18. The van der Waals surface area contributed by atoms with E-state index < -0.39 is 0 Å². The minimum Gasteiger partial charge on any atom is -0.383 e. The van der Waals surface area contributed by atoms with Crippen LogP contribution in [0.4, 0.5) is 5.82 Å². The van der Waals surface area contributed by atoms with Gasteiger partial charge in [-0.25, -0.2) is 4.98 Å². The molecule has 2 heterocycles. The maximum Gasteiger partial charge on any atom is 0.142 e. The van der Waals surface area contributed by atoms with E-state index in [1.54, 1.807) is 0 Å². The largest absolute Gasteiger partial charge is 0.383 e. The zero-order valence-electron chi connectivity index (χ0n) is 10.5. The van der Waals surface area contributed by atoms with Crippen molar-refractivity contribution in [2.24, 2.45) is 0 Å². The van der Waals surface area contributed by atoms with Gasteiger partial charge < -0.3 is 5.73 Å².